The standard InChI is InChI=1S/C8H11N3O/c1-9-8(12)11-6-7-2-4-10-5-3-7/h2-5H,6H2,1H3,(H2,9,11,12). The summed E-state index contributed by atoms with van der Waals surface area (Å²) in [6.07, 6.45) is 3.39. The van der Waals surface area contributed by atoms with Gasteiger partial charge in [0.05, 0.1) is 0 Å². The Kier molecular flexibility index (Phi) is 3.07. The number of nitrogens with one attached hydrogen (secondary N) is 2. The number of amides is 2. The molecule has 4 heteroatoms. The number of carbonyl (C=O) groups excluding carboxylic acids is 1. The molecule has 0 aromatic carbocycles. The van der Waals surface area contributed by atoms with Crippen molar-refractivity contribution in [3.05, 3.63) is 30.1 Å². The van der Waals surface area contributed by atoms with Crippen LogP contribution in [0, 0.1) is 0 Å². The zero-order valence-electron chi connectivity index (χ0n) is 6.87. The lowest BCUT2D eigenvalue weighted by Crippen LogP contribution is -2.32. The summed E-state index contributed by atoms with van der Waals surface area (Å²) in [4.78, 5) is 14.6. The van der Waals surface area contributed by atoms with Crippen LogP contribution in [0.4, 0.5) is 4.79 Å². The van der Waals surface area contributed by atoms with Crippen molar-refractivity contribution in [2.45, 2.75) is 6.54 Å². The second-order valence-electron chi connectivity index (χ2n) is 2.29. The highest BCUT2D eigenvalue weighted by Gasteiger charge is 1.94. The van der Waals surface area contributed by atoms with Crippen LogP contribution in [-0.2, 0) is 6.54 Å². The highest BCUT2D eigenvalue weighted by molar-refractivity contribution is 5.73. The van der Waals surface area contributed by atoms with Crippen LogP contribution in [0.5, 0.6) is 0 Å². The highest BCUT2D eigenvalue weighted by atomic mass is 16.2. The van der Waals surface area contributed by atoms with Gasteiger partial charge in [0.2, 0.25) is 0 Å². The molecule has 0 fully saturated rings. The molecule has 4 nitrogen and oxygen atoms in total. The van der Waals surface area contributed by atoms with E-state index < -0.39 is 0 Å². The molecule has 2 N–H and O–H groups in total. The molecule has 0 saturated carbocycles. The van der Waals surface area contributed by atoms with Crippen LogP contribution in [0.15, 0.2) is 24.5 Å². The van der Waals surface area contributed by atoms with E-state index in [1.54, 1.807) is 19.4 Å². The summed E-state index contributed by atoms with van der Waals surface area (Å²) >= 11 is 0. The fourth-order valence-corrected chi connectivity index (χ4v) is 0.771. The molecule has 0 saturated heterocycles. The lowest BCUT2D eigenvalue weighted by atomic mass is 10.3. The topological polar surface area (TPSA) is 54.0 Å². The normalized spacial score (nSPS) is 9.08. The second kappa shape index (κ2) is 4.33. The number of rotatable bonds is 2. The molecule has 0 aliphatic carbocycles. The van der Waals surface area contributed by atoms with E-state index in [0.29, 0.717) is 6.54 Å². The number of pyridine rings is 1. The van der Waals surface area contributed by atoms with E-state index in [2.05, 4.69) is 15.6 Å². The summed E-state index contributed by atoms with van der Waals surface area (Å²) in [6, 6.07) is 3.54. The largest absolute Gasteiger partial charge is 0.341 e. The van der Waals surface area contributed by atoms with Crippen LogP contribution >= 0.6 is 0 Å². The molecule has 64 valence electrons. The first-order valence-corrected chi connectivity index (χ1v) is 3.67. The van der Waals surface area contributed by atoms with E-state index in [9.17, 15) is 4.79 Å². The van der Waals surface area contributed by atoms with Gasteiger partial charge in [0, 0.05) is 26.0 Å². The van der Waals surface area contributed by atoms with Crippen molar-refractivity contribution < 1.29 is 4.79 Å². The molecule has 0 bridgehead atoms. The van der Waals surface area contributed by atoms with Crippen LogP contribution in [0.1, 0.15) is 5.56 Å². The third-order valence-corrected chi connectivity index (χ3v) is 1.43. The van der Waals surface area contributed by atoms with Gasteiger partial charge in [-0.25, -0.2) is 4.79 Å². The third-order valence-electron chi connectivity index (χ3n) is 1.43. The zero-order chi connectivity index (χ0) is 8.81. The molecule has 1 rings (SSSR count). The van der Waals surface area contributed by atoms with Gasteiger partial charge in [-0.1, -0.05) is 0 Å². The van der Waals surface area contributed by atoms with E-state index >= 15 is 0 Å². The Morgan fingerprint density at radius 3 is 2.75 bits per heavy atom. The van der Waals surface area contributed by atoms with Gasteiger partial charge in [-0.2, -0.15) is 0 Å². The van der Waals surface area contributed by atoms with Crippen molar-refractivity contribution in [2.24, 2.45) is 0 Å². The summed E-state index contributed by atoms with van der Waals surface area (Å²) in [6.45, 7) is 0.530. The number of carbonyl (C=O) groups is 1. The van der Waals surface area contributed by atoms with Crippen molar-refractivity contribution in [2.75, 3.05) is 7.05 Å². The quantitative estimate of drug-likeness (QED) is 0.671. The molecule has 2 amide bonds. The van der Waals surface area contributed by atoms with Gasteiger partial charge in [0.25, 0.3) is 0 Å². The fourth-order valence-electron chi connectivity index (χ4n) is 0.771. The average molecular weight is 165 g/mol. The Labute approximate surface area is 71.0 Å². The first-order valence-electron chi connectivity index (χ1n) is 3.67. The molecule has 12 heavy (non-hydrogen) atoms. The average Bonchev–Trinajstić information content (AvgIpc) is 2.16. The smallest absolute Gasteiger partial charge is 0.314 e. The third kappa shape index (κ3) is 2.57. The lowest BCUT2D eigenvalue weighted by molar-refractivity contribution is 0.242. The van der Waals surface area contributed by atoms with Gasteiger partial charge in [0.1, 0.15) is 0 Å². The summed E-state index contributed by atoms with van der Waals surface area (Å²) in [5.41, 5.74) is 1.04. The molecular formula is C8H11N3O. The minimum atomic E-state index is -0.174. The van der Waals surface area contributed by atoms with Crippen molar-refractivity contribution >= 4 is 6.03 Å². The van der Waals surface area contributed by atoms with E-state index in [1.165, 1.54) is 0 Å². The fraction of sp³-hybridized carbons (Fsp3) is 0.250. The minimum Gasteiger partial charge on any atom is -0.341 e. The summed E-state index contributed by atoms with van der Waals surface area (Å²) in [7, 11) is 1.59. The molecule has 0 radical (unpaired) electrons. The van der Waals surface area contributed by atoms with Crippen molar-refractivity contribution in [3.63, 3.8) is 0 Å². The molecule has 0 aliphatic rings. The predicted molar refractivity (Wildman–Crippen MR) is 45.5 cm³/mol. The molecular weight excluding hydrogens is 154 g/mol. The monoisotopic (exact) mass is 165 g/mol. The van der Waals surface area contributed by atoms with Crippen molar-refractivity contribution in [1.82, 2.24) is 15.6 Å². The molecule has 0 atom stereocenters. The van der Waals surface area contributed by atoms with E-state index in [1.807, 2.05) is 12.1 Å². The Bertz CT molecular complexity index is 248. The van der Waals surface area contributed by atoms with Crippen LogP contribution in [-0.4, -0.2) is 18.1 Å². The van der Waals surface area contributed by atoms with Crippen LogP contribution in [0.2, 0.25) is 0 Å². The van der Waals surface area contributed by atoms with Gasteiger partial charge in [-0.05, 0) is 17.7 Å². The zero-order valence-corrected chi connectivity index (χ0v) is 6.87. The molecule has 1 aromatic heterocycles. The Hall–Kier alpha value is -1.58. The van der Waals surface area contributed by atoms with E-state index in [-0.39, 0.29) is 6.03 Å². The van der Waals surface area contributed by atoms with Crippen molar-refractivity contribution in [3.8, 4) is 0 Å². The maximum atomic E-state index is 10.7. The first-order chi connectivity index (χ1) is 5.83. The Balaban J connectivity index is 2.38. The highest BCUT2D eigenvalue weighted by Crippen LogP contribution is 1.93. The second-order valence-corrected chi connectivity index (χ2v) is 2.29. The van der Waals surface area contributed by atoms with Crippen LogP contribution < -0.4 is 10.6 Å². The predicted octanol–water partition coefficient (Wildman–Crippen LogP) is 0.511. The Morgan fingerprint density at radius 2 is 2.17 bits per heavy atom. The van der Waals surface area contributed by atoms with Gasteiger partial charge < -0.3 is 10.6 Å². The lowest BCUT2D eigenvalue weighted by Gasteiger charge is -2.02. The van der Waals surface area contributed by atoms with Crippen molar-refractivity contribution in [1.29, 1.82) is 0 Å². The molecule has 1 aromatic rings. The van der Waals surface area contributed by atoms with Crippen LogP contribution in [0.3, 0.4) is 0 Å². The summed E-state index contributed by atoms with van der Waals surface area (Å²) in [5, 5.41) is 5.14. The maximum absolute atomic E-state index is 10.7. The van der Waals surface area contributed by atoms with E-state index in [0.717, 1.165) is 5.56 Å². The SMILES string of the molecule is CNC(=O)NCc1ccncc1. The number of nitrogens with zero attached hydrogens (tertiary/aromatic N) is 1. The van der Waals surface area contributed by atoms with Gasteiger partial charge in [-0.15, -0.1) is 0 Å². The van der Waals surface area contributed by atoms with Crippen LogP contribution in [0.25, 0.3) is 0 Å². The molecule has 1 heterocycles. The first kappa shape index (κ1) is 8.52. The molecule has 0 unspecified atom stereocenters. The van der Waals surface area contributed by atoms with Gasteiger partial charge >= 0.3 is 6.03 Å². The summed E-state index contributed by atoms with van der Waals surface area (Å²) < 4.78 is 0. The van der Waals surface area contributed by atoms with Gasteiger partial charge in [0.15, 0.2) is 0 Å². The number of aromatic nitrogens is 1. The number of hydrogen-bond donors (Lipinski definition) is 2. The van der Waals surface area contributed by atoms with E-state index in [4.69, 9.17) is 0 Å². The maximum Gasteiger partial charge on any atom is 0.314 e. The molecule has 0 spiro atoms. The molecule has 0 aliphatic heterocycles. The summed E-state index contributed by atoms with van der Waals surface area (Å²) in [5.74, 6) is 0. The minimum absolute atomic E-state index is 0.174. The Morgan fingerprint density at radius 1 is 1.50 bits per heavy atom. The number of hydrogen-bond acceptors (Lipinski definition) is 2. The number of urea groups is 1. The van der Waals surface area contributed by atoms with Gasteiger partial charge in [-0.3, -0.25) is 4.98 Å².